The Labute approximate surface area is 309 Å². The van der Waals surface area contributed by atoms with Crippen LogP contribution in [-0.2, 0) is 0 Å². The first-order valence-electron chi connectivity index (χ1n) is 18.3. The number of nitrogens with zero attached hydrogens (tertiary/aromatic N) is 1. The highest BCUT2D eigenvalue weighted by molar-refractivity contribution is 6.23. The summed E-state index contributed by atoms with van der Waals surface area (Å²) in [6.45, 7) is 0. The Morgan fingerprint density at radius 3 is 1.38 bits per heavy atom. The summed E-state index contributed by atoms with van der Waals surface area (Å²) in [5, 5.41) is 7.46. The van der Waals surface area contributed by atoms with Crippen LogP contribution in [-0.4, -0.2) is 4.57 Å². The maximum Gasteiger partial charge on any atom is 0.0535 e. The average Bonchev–Trinajstić information content (AvgIpc) is 3.69. The van der Waals surface area contributed by atoms with Crippen LogP contribution in [0.5, 0.6) is 0 Å². The van der Waals surface area contributed by atoms with E-state index in [9.17, 15) is 0 Å². The first-order valence-corrected chi connectivity index (χ1v) is 18.3. The molecule has 0 spiro atoms. The van der Waals surface area contributed by atoms with E-state index in [2.05, 4.69) is 217 Å². The van der Waals surface area contributed by atoms with Crippen LogP contribution in [0.1, 0.15) is 0 Å². The fraction of sp³-hybridized carbons (Fsp3) is 0. The lowest BCUT2D eigenvalue weighted by molar-refractivity contribution is 1.10. The molecule has 248 valence electrons. The van der Waals surface area contributed by atoms with Gasteiger partial charge in [0.05, 0.1) is 11.4 Å². The molecule has 0 aliphatic heterocycles. The molecule has 0 amide bonds. The van der Waals surface area contributed by atoms with Crippen molar-refractivity contribution in [2.24, 2.45) is 0 Å². The quantitative estimate of drug-likeness (QED) is 0.155. The van der Waals surface area contributed by atoms with Gasteiger partial charge < -0.3 is 4.57 Å². The summed E-state index contributed by atoms with van der Waals surface area (Å²) in [6.07, 6.45) is 0. The number of hydrogen-bond acceptors (Lipinski definition) is 0. The molecule has 0 radical (unpaired) electrons. The van der Waals surface area contributed by atoms with Crippen molar-refractivity contribution in [3.8, 4) is 61.6 Å². The van der Waals surface area contributed by atoms with Crippen molar-refractivity contribution in [3.63, 3.8) is 0 Å². The summed E-state index contributed by atoms with van der Waals surface area (Å²) in [5.74, 6) is 0. The van der Waals surface area contributed by atoms with Gasteiger partial charge in [-0.05, 0) is 101 Å². The van der Waals surface area contributed by atoms with Crippen LogP contribution >= 0.6 is 0 Å². The summed E-state index contributed by atoms with van der Waals surface area (Å²) in [4.78, 5) is 0. The molecule has 0 atom stereocenters. The van der Waals surface area contributed by atoms with Crippen LogP contribution in [0.4, 0.5) is 0 Å². The van der Waals surface area contributed by atoms with E-state index in [-0.39, 0.29) is 0 Å². The zero-order chi connectivity index (χ0) is 35.1. The third-order valence-electron chi connectivity index (χ3n) is 10.6. The first kappa shape index (κ1) is 30.8. The van der Waals surface area contributed by atoms with Gasteiger partial charge in [0.2, 0.25) is 0 Å². The fourth-order valence-electron chi connectivity index (χ4n) is 8.19. The van der Waals surface area contributed by atoms with E-state index in [0.29, 0.717) is 0 Å². The van der Waals surface area contributed by atoms with Gasteiger partial charge in [-0.2, -0.15) is 0 Å². The van der Waals surface area contributed by atoms with Crippen LogP contribution in [0.15, 0.2) is 212 Å². The van der Waals surface area contributed by atoms with E-state index in [1.54, 1.807) is 0 Å². The maximum atomic E-state index is 2.43. The van der Waals surface area contributed by atoms with Crippen molar-refractivity contribution in [2.75, 3.05) is 0 Å². The number of hydrogen-bond donors (Lipinski definition) is 0. The van der Waals surface area contributed by atoms with Crippen LogP contribution in [0, 0.1) is 0 Å². The van der Waals surface area contributed by atoms with E-state index in [1.165, 1.54) is 76.8 Å². The van der Waals surface area contributed by atoms with Crippen molar-refractivity contribution in [1.82, 2.24) is 4.57 Å². The Balaban J connectivity index is 1.30. The van der Waals surface area contributed by atoms with Gasteiger partial charge in [-0.1, -0.05) is 188 Å². The standard InChI is InChI=1S/C52H35N/c1-4-15-36(16-5-1)37-27-29-41(30-28-37)51-45-24-12-13-25-46(45)52(44-26-14-22-38-17-10-11-23-43(38)44)47-32-31-42(35-48(47)51)53-49(39-18-6-2-7-19-39)33-34-50(53)40-20-8-3-9-21-40/h1-35H. The van der Waals surface area contributed by atoms with Gasteiger partial charge in [-0.15, -0.1) is 0 Å². The average molecular weight is 674 g/mol. The Morgan fingerprint density at radius 1 is 0.264 bits per heavy atom. The third kappa shape index (κ3) is 5.34. The smallest absolute Gasteiger partial charge is 0.0535 e. The number of aromatic nitrogens is 1. The topological polar surface area (TPSA) is 4.93 Å². The second kappa shape index (κ2) is 13.0. The van der Waals surface area contributed by atoms with Crippen LogP contribution < -0.4 is 0 Å². The molecule has 1 nitrogen and oxygen atoms in total. The van der Waals surface area contributed by atoms with Crippen molar-refractivity contribution in [2.45, 2.75) is 0 Å². The van der Waals surface area contributed by atoms with E-state index >= 15 is 0 Å². The molecule has 0 bridgehead atoms. The van der Waals surface area contributed by atoms with E-state index in [0.717, 1.165) is 17.1 Å². The Kier molecular flexibility index (Phi) is 7.55. The van der Waals surface area contributed by atoms with E-state index < -0.39 is 0 Å². The predicted octanol–water partition coefficient (Wildman–Crippen LogP) is 14.3. The van der Waals surface area contributed by atoms with Gasteiger partial charge in [0, 0.05) is 5.69 Å². The number of rotatable bonds is 6. The molecule has 0 saturated heterocycles. The largest absolute Gasteiger partial charge is 0.309 e. The normalized spacial score (nSPS) is 11.4. The minimum Gasteiger partial charge on any atom is -0.309 e. The highest BCUT2D eigenvalue weighted by Gasteiger charge is 2.20. The molecule has 0 aliphatic rings. The van der Waals surface area contributed by atoms with Gasteiger partial charge >= 0.3 is 0 Å². The minimum absolute atomic E-state index is 1.13. The monoisotopic (exact) mass is 673 g/mol. The van der Waals surface area contributed by atoms with Crippen molar-refractivity contribution < 1.29 is 0 Å². The second-order valence-electron chi connectivity index (χ2n) is 13.7. The first-order chi connectivity index (χ1) is 26.3. The van der Waals surface area contributed by atoms with Crippen LogP contribution in [0.2, 0.25) is 0 Å². The molecular formula is C52H35N. The van der Waals surface area contributed by atoms with Gasteiger partial charge in [0.15, 0.2) is 0 Å². The van der Waals surface area contributed by atoms with E-state index in [1.807, 2.05) is 0 Å². The SMILES string of the molecule is c1ccc(-c2ccc(-c3c4ccccc4c(-c4cccc5ccccc45)c4ccc(-n5c(-c6ccccc6)ccc5-c5ccccc5)cc34)cc2)cc1. The highest BCUT2D eigenvalue weighted by Crippen LogP contribution is 2.46. The molecule has 10 aromatic rings. The number of fused-ring (bicyclic) bond motifs is 3. The van der Waals surface area contributed by atoms with Crippen LogP contribution in [0.3, 0.4) is 0 Å². The molecule has 0 saturated carbocycles. The Hall–Kier alpha value is -6.96. The number of benzene rings is 9. The van der Waals surface area contributed by atoms with Crippen molar-refractivity contribution >= 4 is 32.3 Å². The molecule has 1 heteroatoms. The summed E-state index contributed by atoms with van der Waals surface area (Å²) < 4.78 is 2.43. The Morgan fingerprint density at radius 2 is 0.736 bits per heavy atom. The lowest BCUT2D eigenvalue weighted by atomic mass is 9.84. The van der Waals surface area contributed by atoms with Crippen molar-refractivity contribution in [3.05, 3.63) is 212 Å². The molecule has 1 aromatic heterocycles. The fourth-order valence-corrected chi connectivity index (χ4v) is 8.19. The molecule has 9 aromatic carbocycles. The summed E-state index contributed by atoms with van der Waals surface area (Å²) in [6, 6.07) is 77.2. The zero-order valence-electron chi connectivity index (χ0n) is 29.2. The summed E-state index contributed by atoms with van der Waals surface area (Å²) in [7, 11) is 0. The molecule has 0 N–H and O–H groups in total. The van der Waals surface area contributed by atoms with Crippen molar-refractivity contribution in [1.29, 1.82) is 0 Å². The lowest BCUT2D eigenvalue weighted by Gasteiger charge is -2.21. The van der Waals surface area contributed by atoms with Gasteiger partial charge in [-0.3, -0.25) is 0 Å². The summed E-state index contributed by atoms with van der Waals surface area (Å²) in [5.41, 5.74) is 13.2. The molecular weight excluding hydrogens is 639 g/mol. The summed E-state index contributed by atoms with van der Waals surface area (Å²) >= 11 is 0. The molecule has 1 heterocycles. The zero-order valence-corrected chi connectivity index (χ0v) is 29.2. The van der Waals surface area contributed by atoms with Gasteiger partial charge in [-0.25, -0.2) is 0 Å². The van der Waals surface area contributed by atoms with Crippen LogP contribution in [0.25, 0.3) is 93.9 Å². The van der Waals surface area contributed by atoms with E-state index in [4.69, 9.17) is 0 Å². The molecule has 10 rings (SSSR count). The Bertz CT molecular complexity index is 2840. The van der Waals surface area contributed by atoms with Gasteiger partial charge in [0.1, 0.15) is 0 Å². The van der Waals surface area contributed by atoms with Gasteiger partial charge in [0.25, 0.3) is 0 Å². The third-order valence-corrected chi connectivity index (χ3v) is 10.6. The lowest BCUT2D eigenvalue weighted by Crippen LogP contribution is -2.00. The molecule has 0 fully saturated rings. The second-order valence-corrected chi connectivity index (χ2v) is 13.7. The molecule has 0 aliphatic carbocycles. The molecule has 0 unspecified atom stereocenters. The predicted molar refractivity (Wildman–Crippen MR) is 225 cm³/mol. The highest BCUT2D eigenvalue weighted by atomic mass is 15.0. The minimum atomic E-state index is 1.13. The maximum absolute atomic E-state index is 2.43. The molecule has 53 heavy (non-hydrogen) atoms.